The van der Waals surface area contributed by atoms with Crippen LogP contribution in [-0.2, 0) is 6.54 Å². The van der Waals surface area contributed by atoms with Gasteiger partial charge in [0.05, 0.1) is 18.9 Å². The zero-order chi connectivity index (χ0) is 20.6. The van der Waals surface area contributed by atoms with Crippen LogP contribution in [0.4, 0.5) is 5.69 Å². The van der Waals surface area contributed by atoms with Crippen molar-refractivity contribution in [1.29, 1.82) is 0 Å². The number of halogens is 1. The quantitative estimate of drug-likeness (QED) is 0.325. The van der Waals surface area contributed by atoms with E-state index < -0.39 is 0 Å². The second-order valence-corrected chi connectivity index (χ2v) is 7.48. The third kappa shape index (κ3) is 6.68. The Hall–Kier alpha value is -2.16. The summed E-state index contributed by atoms with van der Waals surface area (Å²) in [7, 11) is 3.53. The molecule has 3 rings (SSSR count). The molecule has 0 radical (unpaired) electrons. The van der Waals surface area contributed by atoms with Crippen molar-refractivity contribution in [2.24, 2.45) is 4.99 Å². The first kappa shape index (κ1) is 24.1. The van der Waals surface area contributed by atoms with E-state index in [1.54, 1.807) is 7.11 Å². The van der Waals surface area contributed by atoms with Gasteiger partial charge in [0.25, 0.3) is 0 Å². The minimum atomic E-state index is 0. The van der Waals surface area contributed by atoms with Crippen molar-refractivity contribution in [3.8, 4) is 11.5 Å². The Morgan fingerprint density at radius 3 is 2.57 bits per heavy atom. The smallest absolute Gasteiger partial charge is 0.191 e. The highest BCUT2D eigenvalue weighted by Crippen LogP contribution is 2.30. The topological polar surface area (TPSA) is 58.1 Å². The molecular weight excluding hydrogens is 491 g/mol. The van der Waals surface area contributed by atoms with Crippen LogP contribution in [0.15, 0.2) is 53.5 Å². The van der Waals surface area contributed by atoms with Crippen LogP contribution in [0, 0.1) is 0 Å². The van der Waals surface area contributed by atoms with E-state index in [1.807, 2.05) is 45.2 Å². The number of nitrogens with zero attached hydrogens (tertiary/aromatic N) is 2. The van der Waals surface area contributed by atoms with Crippen molar-refractivity contribution < 1.29 is 9.47 Å². The molecule has 1 unspecified atom stereocenters. The molecule has 30 heavy (non-hydrogen) atoms. The first-order valence-corrected chi connectivity index (χ1v) is 10.2. The number of aliphatic imine (C=N–C) groups is 1. The molecule has 0 aliphatic carbocycles. The van der Waals surface area contributed by atoms with Crippen LogP contribution in [-0.4, -0.2) is 45.4 Å². The van der Waals surface area contributed by atoms with Crippen LogP contribution < -0.4 is 25.0 Å². The van der Waals surface area contributed by atoms with Crippen molar-refractivity contribution in [3.05, 3.63) is 54.1 Å². The lowest BCUT2D eigenvalue weighted by atomic mass is 10.2. The predicted molar refractivity (Wildman–Crippen MR) is 135 cm³/mol. The molecular formula is C23H33IN4O2. The number of anilines is 1. The average Bonchev–Trinajstić information content (AvgIpc) is 3.20. The standard InChI is InChI=1S/C23H32N4O2.HI/c1-17(2)29-20-11-9-18(10-12-20)15-25-23(24-3)26-19-13-14-27(16-19)21-7-5-6-8-22(21)28-4;/h5-12,17,19H,13-16H2,1-4H3,(H2,24,25,26);1H. The SMILES string of the molecule is CN=C(NCc1ccc(OC(C)C)cc1)NC1CCN(c2ccccc2OC)C1.I. The maximum Gasteiger partial charge on any atom is 0.191 e. The van der Waals surface area contributed by atoms with Crippen LogP contribution in [0.2, 0.25) is 0 Å². The maximum atomic E-state index is 5.70. The van der Waals surface area contributed by atoms with Crippen molar-refractivity contribution in [2.75, 3.05) is 32.1 Å². The number of hydrogen-bond acceptors (Lipinski definition) is 4. The molecule has 0 spiro atoms. The molecule has 1 atom stereocenters. The summed E-state index contributed by atoms with van der Waals surface area (Å²) in [6.45, 7) is 6.69. The van der Waals surface area contributed by atoms with Crippen LogP contribution in [0.1, 0.15) is 25.8 Å². The molecule has 1 heterocycles. The number of rotatable bonds is 7. The summed E-state index contributed by atoms with van der Waals surface area (Å²) in [5.74, 6) is 2.63. The zero-order valence-electron chi connectivity index (χ0n) is 18.2. The van der Waals surface area contributed by atoms with Crippen LogP contribution >= 0.6 is 24.0 Å². The van der Waals surface area contributed by atoms with Gasteiger partial charge in [-0.3, -0.25) is 4.99 Å². The Morgan fingerprint density at radius 2 is 1.90 bits per heavy atom. The fourth-order valence-corrected chi connectivity index (χ4v) is 3.52. The number of ether oxygens (including phenoxy) is 2. The Bertz CT molecular complexity index is 811. The summed E-state index contributed by atoms with van der Waals surface area (Å²) in [6.07, 6.45) is 1.24. The van der Waals surface area contributed by atoms with Gasteiger partial charge in [0.15, 0.2) is 5.96 Å². The van der Waals surface area contributed by atoms with Crippen LogP contribution in [0.25, 0.3) is 0 Å². The van der Waals surface area contributed by atoms with Gasteiger partial charge in [-0.25, -0.2) is 0 Å². The minimum absolute atomic E-state index is 0. The van der Waals surface area contributed by atoms with Gasteiger partial charge in [0.2, 0.25) is 0 Å². The van der Waals surface area contributed by atoms with Crippen molar-refractivity contribution >= 4 is 35.6 Å². The lowest BCUT2D eigenvalue weighted by Crippen LogP contribution is -2.44. The van der Waals surface area contributed by atoms with E-state index in [1.165, 1.54) is 5.56 Å². The Kier molecular flexibility index (Phi) is 9.55. The van der Waals surface area contributed by atoms with E-state index in [4.69, 9.17) is 9.47 Å². The maximum absolute atomic E-state index is 5.70. The van der Waals surface area contributed by atoms with E-state index in [0.29, 0.717) is 12.6 Å². The molecule has 6 nitrogen and oxygen atoms in total. The average molecular weight is 524 g/mol. The molecule has 1 fully saturated rings. The number of methoxy groups -OCH3 is 1. The number of guanidine groups is 1. The van der Waals surface area contributed by atoms with Crippen LogP contribution in [0.5, 0.6) is 11.5 Å². The number of benzene rings is 2. The van der Waals surface area contributed by atoms with Crippen molar-refractivity contribution in [2.45, 2.75) is 39.0 Å². The summed E-state index contributed by atoms with van der Waals surface area (Å²) < 4.78 is 11.2. The van der Waals surface area contributed by atoms with Gasteiger partial charge in [-0.2, -0.15) is 0 Å². The molecule has 1 aliphatic heterocycles. The van der Waals surface area contributed by atoms with E-state index in [-0.39, 0.29) is 30.1 Å². The third-order valence-electron chi connectivity index (χ3n) is 4.93. The van der Waals surface area contributed by atoms with E-state index in [2.05, 4.69) is 44.8 Å². The van der Waals surface area contributed by atoms with E-state index in [0.717, 1.165) is 42.7 Å². The summed E-state index contributed by atoms with van der Waals surface area (Å²) in [5.41, 5.74) is 2.33. The molecule has 0 amide bonds. The molecule has 1 aliphatic rings. The summed E-state index contributed by atoms with van der Waals surface area (Å²) >= 11 is 0. The summed E-state index contributed by atoms with van der Waals surface area (Å²) in [5, 5.41) is 6.95. The van der Waals surface area contributed by atoms with Crippen LogP contribution in [0.3, 0.4) is 0 Å². The Labute approximate surface area is 197 Å². The predicted octanol–water partition coefficient (Wildman–Crippen LogP) is 4.04. The largest absolute Gasteiger partial charge is 0.495 e. The van der Waals surface area contributed by atoms with Gasteiger partial charge < -0.3 is 25.0 Å². The van der Waals surface area contributed by atoms with Gasteiger partial charge in [0.1, 0.15) is 11.5 Å². The normalized spacial score (nSPS) is 16.2. The molecule has 7 heteroatoms. The molecule has 0 saturated carbocycles. The Balaban J connectivity index is 0.00000320. The minimum Gasteiger partial charge on any atom is -0.495 e. The summed E-state index contributed by atoms with van der Waals surface area (Å²) in [6, 6.07) is 16.7. The molecule has 0 aromatic heterocycles. The number of nitrogens with one attached hydrogen (secondary N) is 2. The first-order valence-electron chi connectivity index (χ1n) is 10.2. The van der Waals surface area contributed by atoms with E-state index >= 15 is 0 Å². The molecule has 2 aromatic carbocycles. The monoisotopic (exact) mass is 524 g/mol. The molecule has 2 aromatic rings. The third-order valence-corrected chi connectivity index (χ3v) is 4.93. The first-order chi connectivity index (χ1) is 14.1. The second-order valence-electron chi connectivity index (χ2n) is 7.48. The molecule has 0 bridgehead atoms. The highest BCUT2D eigenvalue weighted by atomic mass is 127. The fourth-order valence-electron chi connectivity index (χ4n) is 3.52. The molecule has 1 saturated heterocycles. The Morgan fingerprint density at radius 1 is 1.17 bits per heavy atom. The molecule has 2 N–H and O–H groups in total. The number of para-hydroxylation sites is 2. The van der Waals surface area contributed by atoms with Gasteiger partial charge in [-0.05, 0) is 50.1 Å². The highest BCUT2D eigenvalue weighted by Gasteiger charge is 2.25. The van der Waals surface area contributed by atoms with Gasteiger partial charge in [-0.1, -0.05) is 24.3 Å². The second kappa shape index (κ2) is 11.9. The lowest BCUT2D eigenvalue weighted by molar-refractivity contribution is 0.242. The summed E-state index contributed by atoms with van der Waals surface area (Å²) in [4.78, 5) is 6.74. The van der Waals surface area contributed by atoms with Gasteiger partial charge in [-0.15, -0.1) is 24.0 Å². The van der Waals surface area contributed by atoms with Gasteiger partial charge >= 0.3 is 0 Å². The number of hydrogen-bond donors (Lipinski definition) is 2. The lowest BCUT2D eigenvalue weighted by Gasteiger charge is -2.22. The van der Waals surface area contributed by atoms with E-state index in [9.17, 15) is 0 Å². The van der Waals surface area contributed by atoms with Crippen molar-refractivity contribution in [1.82, 2.24) is 10.6 Å². The zero-order valence-corrected chi connectivity index (χ0v) is 20.6. The highest BCUT2D eigenvalue weighted by molar-refractivity contribution is 14.0. The van der Waals surface area contributed by atoms with Gasteiger partial charge in [0, 0.05) is 32.7 Å². The fraction of sp³-hybridized carbons (Fsp3) is 0.435. The van der Waals surface area contributed by atoms with Crippen molar-refractivity contribution in [3.63, 3.8) is 0 Å². The molecule has 164 valence electrons.